The third-order valence-electron chi connectivity index (χ3n) is 1.35. The van der Waals surface area contributed by atoms with Crippen molar-refractivity contribution in [2.75, 3.05) is 0 Å². The molecule has 0 saturated heterocycles. The highest BCUT2D eigenvalue weighted by atomic mass is 16.3. The lowest BCUT2D eigenvalue weighted by Gasteiger charge is -2.11. The second-order valence-corrected chi connectivity index (χ2v) is 2.60. The Morgan fingerprint density at radius 3 is 1.70 bits per heavy atom. The van der Waals surface area contributed by atoms with Crippen molar-refractivity contribution in [1.82, 2.24) is 0 Å². The first kappa shape index (κ1) is 12.6. The maximum atomic E-state index is 9.13. The largest absolute Gasteiger partial charge is 0.393 e. The van der Waals surface area contributed by atoms with E-state index in [4.69, 9.17) is 5.11 Å². The van der Waals surface area contributed by atoms with Crippen LogP contribution in [0.2, 0.25) is 0 Å². The predicted octanol–water partition coefficient (Wildman–Crippen LogP) is 2.83. The summed E-state index contributed by atoms with van der Waals surface area (Å²) in [6.45, 7) is 10.2. The van der Waals surface area contributed by atoms with Gasteiger partial charge in [0.2, 0.25) is 0 Å². The minimum Gasteiger partial charge on any atom is -0.393 e. The minimum absolute atomic E-state index is 0.0833. The Morgan fingerprint density at radius 1 is 1.20 bits per heavy atom. The topological polar surface area (TPSA) is 20.2 Å². The van der Waals surface area contributed by atoms with Gasteiger partial charge < -0.3 is 5.11 Å². The van der Waals surface area contributed by atoms with E-state index in [1.165, 1.54) is 0 Å². The summed E-state index contributed by atoms with van der Waals surface area (Å²) < 4.78 is 0. The molecule has 0 aliphatic rings. The van der Waals surface area contributed by atoms with Crippen LogP contribution in [0.1, 0.15) is 47.5 Å². The fraction of sp³-hybridized carbons (Fsp3) is 1.00. The third kappa shape index (κ3) is 7.96. The van der Waals surface area contributed by atoms with Crippen molar-refractivity contribution < 1.29 is 5.11 Å². The van der Waals surface area contributed by atoms with Crippen molar-refractivity contribution in [3.8, 4) is 0 Å². The van der Waals surface area contributed by atoms with E-state index in [1.54, 1.807) is 0 Å². The van der Waals surface area contributed by atoms with Gasteiger partial charge in [-0.3, -0.25) is 0 Å². The third-order valence-corrected chi connectivity index (χ3v) is 1.35. The van der Waals surface area contributed by atoms with Gasteiger partial charge in [0.05, 0.1) is 6.10 Å². The lowest BCUT2D eigenvalue weighted by Crippen LogP contribution is -2.13. The molecule has 0 aliphatic heterocycles. The van der Waals surface area contributed by atoms with Gasteiger partial charge in [-0.2, -0.15) is 0 Å². The second-order valence-electron chi connectivity index (χ2n) is 2.60. The molecule has 10 heavy (non-hydrogen) atoms. The SMILES string of the molecule is CC.CCCC(O)C(C)C. The fourth-order valence-electron chi connectivity index (χ4n) is 0.629. The molecule has 0 aromatic rings. The highest BCUT2D eigenvalue weighted by molar-refractivity contribution is 4.57. The van der Waals surface area contributed by atoms with Crippen molar-refractivity contribution in [3.63, 3.8) is 0 Å². The van der Waals surface area contributed by atoms with E-state index < -0.39 is 0 Å². The van der Waals surface area contributed by atoms with Crippen LogP contribution in [0, 0.1) is 5.92 Å². The summed E-state index contributed by atoms with van der Waals surface area (Å²) in [7, 11) is 0. The van der Waals surface area contributed by atoms with Crippen LogP contribution < -0.4 is 0 Å². The summed E-state index contributed by atoms with van der Waals surface area (Å²) in [5, 5.41) is 9.13. The molecule has 1 atom stereocenters. The first-order chi connectivity index (χ1) is 4.68. The lowest BCUT2D eigenvalue weighted by molar-refractivity contribution is 0.115. The van der Waals surface area contributed by atoms with Crippen molar-refractivity contribution >= 4 is 0 Å². The molecular formula is C9H22O. The molecule has 0 fully saturated rings. The average molecular weight is 146 g/mol. The Hall–Kier alpha value is -0.0400. The van der Waals surface area contributed by atoms with E-state index in [9.17, 15) is 0 Å². The Balaban J connectivity index is 0. The van der Waals surface area contributed by atoms with Crippen LogP contribution in [0.4, 0.5) is 0 Å². The van der Waals surface area contributed by atoms with Crippen LogP contribution in [-0.4, -0.2) is 11.2 Å². The standard InChI is InChI=1S/C7H16O.C2H6/c1-4-5-7(8)6(2)3;1-2/h6-8H,4-5H2,1-3H3;1-2H3. The normalized spacial score (nSPS) is 12.3. The molecule has 1 unspecified atom stereocenters. The molecule has 0 rings (SSSR count). The zero-order chi connectivity index (χ0) is 8.57. The fourth-order valence-corrected chi connectivity index (χ4v) is 0.629. The molecule has 64 valence electrons. The van der Waals surface area contributed by atoms with E-state index in [0.717, 1.165) is 12.8 Å². The number of aliphatic hydroxyl groups excluding tert-OH is 1. The maximum absolute atomic E-state index is 9.13. The maximum Gasteiger partial charge on any atom is 0.0563 e. The zero-order valence-corrected chi connectivity index (χ0v) is 8.02. The molecule has 0 aromatic heterocycles. The Morgan fingerprint density at radius 2 is 1.60 bits per heavy atom. The molecule has 1 heteroatoms. The second kappa shape index (κ2) is 8.96. The highest BCUT2D eigenvalue weighted by Gasteiger charge is 2.05. The van der Waals surface area contributed by atoms with Gasteiger partial charge in [-0.05, 0) is 12.3 Å². The highest BCUT2D eigenvalue weighted by Crippen LogP contribution is 2.06. The number of hydrogen-bond donors (Lipinski definition) is 1. The van der Waals surface area contributed by atoms with Crippen LogP contribution in [0.5, 0.6) is 0 Å². The molecule has 0 aromatic carbocycles. The lowest BCUT2D eigenvalue weighted by atomic mass is 10.0. The number of rotatable bonds is 3. The van der Waals surface area contributed by atoms with E-state index in [0.29, 0.717) is 5.92 Å². The molecule has 0 amide bonds. The summed E-state index contributed by atoms with van der Waals surface area (Å²) in [6.07, 6.45) is 1.94. The van der Waals surface area contributed by atoms with Gasteiger partial charge in [-0.1, -0.05) is 41.0 Å². The molecular weight excluding hydrogens is 124 g/mol. The van der Waals surface area contributed by atoms with Crippen molar-refractivity contribution in [2.45, 2.75) is 53.6 Å². The van der Waals surface area contributed by atoms with Crippen LogP contribution in [-0.2, 0) is 0 Å². The van der Waals surface area contributed by atoms with Crippen LogP contribution in [0.15, 0.2) is 0 Å². The van der Waals surface area contributed by atoms with Gasteiger partial charge in [0.25, 0.3) is 0 Å². The van der Waals surface area contributed by atoms with E-state index in [2.05, 4.69) is 6.92 Å². The molecule has 0 bridgehead atoms. The number of hydrogen-bond acceptors (Lipinski definition) is 1. The van der Waals surface area contributed by atoms with Gasteiger partial charge >= 0.3 is 0 Å². The van der Waals surface area contributed by atoms with E-state index in [1.807, 2.05) is 27.7 Å². The molecule has 1 nitrogen and oxygen atoms in total. The molecule has 0 radical (unpaired) electrons. The molecule has 1 N–H and O–H groups in total. The molecule has 0 saturated carbocycles. The Labute approximate surface area is 65.5 Å². The Bertz CT molecular complexity index is 50.7. The van der Waals surface area contributed by atoms with Gasteiger partial charge in [-0.25, -0.2) is 0 Å². The van der Waals surface area contributed by atoms with Gasteiger partial charge in [0.15, 0.2) is 0 Å². The number of aliphatic hydroxyl groups is 1. The van der Waals surface area contributed by atoms with E-state index in [-0.39, 0.29) is 6.10 Å². The molecule has 0 spiro atoms. The van der Waals surface area contributed by atoms with Crippen LogP contribution in [0.25, 0.3) is 0 Å². The first-order valence-electron chi connectivity index (χ1n) is 4.36. The smallest absolute Gasteiger partial charge is 0.0563 e. The summed E-state index contributed by atoms with van der Waals surface area (Å²) in [5.41, 5.74) is 0. The van der Waals surface area contributed by atoms with Crippen molar-refractivity contribution in [2.24, 2.45) is 5.92 Å². The molecule has 0 heterocycles. The van der Waals surface area contributed by atoms with Gasteiger partial charge in [-0.15, -0.1) is 0 Å². The quantitative estimate of drug-likeness (QED) is 0.649. The summed E-state index contributed by atoms with van der Waals surface area (Å²) in [6, 6.07) is 0. The first-order valence-corrected chi connectivity index (χ1v) is 4.36. The van der Waals surface area contributed by atoms with Crippen LogP contribution in [0.3, 0.4) is 0 Å². The van der Waals surface area contributed by atoms with E-state index >= 15 is 0 Å². The summed E-state index contributed by atoms with van der Waals surface area (Å²) in [4.78, 5) is 0. The summed E-state index contributed by atoms with van der Waals surface area (Å²) >= 11 is 0. The van der Waals surface area contributed by atoms with Gasteiger partial charge in [0.1, 0.15) is 0 Å². The molecule has 0 aliphatic carbocycles. The average Bonchev–Trinajstić information content (AvgIpc) is 1.93. The van der Waals surface area contributed by atoms with Crippen molar-refractivity contribution in [1.29, 1.82) is 0 Å². The monoisotopic (exact) mass is 146 g/mol. The Kier molecular flexibility index (Phi) is 11.3. The van der Waals surface area contributed by atoms with Crippen LogP contribution >= 0.6 is 0 Å². The minimum atomic E-state index is -0.0833. The zero-order valence-electron chi connectivity index (χ0n) is 8.02. The van der Waals surface area contributed by atoms with Crippen molar-refractivity contribution in [3.05, 3.63) is 0 Å². The predicted molar refractivity (Wildman–Crippen MR) is 47.1 cm³/mol. The summed E-state index contributed by atoms with van der Waals surface area (Å²) in [5.74, 6) is 0.426. The van der Waals surface area contributed by atoms with Gasteiger partial charge in [0, 0.05) is 0 Å².